The maximum atomic E-state index is 13.8. The Kier molecular flexibility index (Phi) is 5.71. The Hall–Kier alpha value is -2.21. The molecule has 1 N–H and O–H groups in total. The van der Waals surface area contributed by atoms with Crippen molar-refractivity contribution in [1.29, 1.82) is 0 Å². The van der Waals surface area contributed by atoms with E-state index in [-0.39, 0.29) is 23.4 Å². The van der Waals surface area contributed by atoms with Gasteiger partial charge in [0.15, 0.2) is 11.5 Å². The molecule has 5 nitrogen and oxygen atoms in total. The molecular weight excluding hydrogens is 333 g/mol. The van der Waals surface area contributed by atoms with Crippen LogP contribution in [0.2, 0.25) is 0 Å². The molecule has 0 aliphatic carbocycles. The summed E-state index contributed by atoms with van der Waals surface area (Å²) in [6.45, 7) is 9.45. The molecule has 3 rings (SSSR count). The second-order valence-electron chi connectivity index (χ2n) is 7.60. The molecule has 26 heavy (non-hydrogen) atoms. The summed E-state index contributed by atoms with van der Waals surface area (Å²) in [6, 6.07) is 7.73. The van der Waals surface area contributed by atoms with Crippen molar-refractivity contribution in [2.45, 2.75) is 33.2 Å². The van der Waals surface area contributed by atoms with Crippen molar-refractivity contribution < 1.29 is 13.7 Å². The van der Waals surface area contributed by atoms with Crippen molar-refractivity contribution in [3.63, 3.8) is 0 Å². The van der Waals surface area contributed by atoms with Gasteiger partial charge in [-0.15, -0.1) is 0 Å². The second-order valence-corrected chi connectivity index (χ2v) is 7.60. The van der Waals surface area contributed by atoms with Gasteiger partial charge in [-0.25, -0.2) is 4.39 Å². The summed E-state index contributed by atoms with van der Waals surface area (Å²) < 4.78 is 19.0. The largest absolute Gasteiger partial charge is 0.355 e. The van der Waals surface area contributed by atoms with E-state index in [1.807, 2.05) is 6.92 Å². The number of carbonyl (C=O) groups excluding carboxylic acids is 1. The number of rotatable bonds is 5. The van der Waals surface area contributed by atoms with Crippen molar-refractivity contribution in [2.24, 2.45) is 11.8 Å². The maximum absolute atomic E-state index is 13.8. The van der Waals surface area contributed by atoms with Crippen molar-refractivity contribution >= 4 is 5.91 Å². The standard InChI is InChI=1S/C20H26FN3O2/c1-13-8-14(2)11-24(10-13)12-15(3)22-20(25)18-9-19(26-23-18)16-6-4-5-7-17(16)21/h4-7,9,13-15H,8,10-12H2,1-3H3,(H,22,25). The number of likely N-dealkylation sites (tertiary alicyclic amines) is 1. The lowest BCUT2D eigenvalue weighted by Crippen LogP contribution is -2.47. The van der Waals surface area contributed by atoms with E-state index in [2.05, 4.69) is 29.2 Å². The lowest BCUT2D eigenvalue weighted by atomic mass is 9.92. The second kappa shape index (κ2) is 7.99. The van der Waals surface area contributed by atoms with E-state index in [4.69, 9.17) is 4.52 Å². The first-order valence-corrected chi connectivity index (χ1v) is 9.17. The molecule has 1 saturated heterocycles. The van der Waals surface area contributed by atoms with Gasteiger partial charge in [-0.2, -0.15) is 0 Å². The van der Waals surface area contributed by atoms with Crippen molar-refractivity contribution in [3.05, 3.63) is 41.8 Å². The fourth-order valence-corrected chi connectivity index (χ4v) is 3.84. The topological polar surface area (TPSA) is 58.4 Å². The molecule has 2 aromatic rings. The molecule has 1 aromatic heterocycles. The molecular formula is C20H26FN3O2. The van der Waals surface area contributed by atoms with Gasteiger partial charge in [0, 0.05) is 31.7 Å². The van der Waals surface area contributed by atoms with Crippen LogP contribution in [-0.2, 0) is 0 Å². The van der Waals surface area contributed by atoms with Gasteiger partial charge >= 0.3 is 0 Å². The van der Waals surface area contributed by atoms with Crippen molar-refractivity contribution in [2.75, 3.05) is 19.6 Å². The molecule has 1 aromatic carbocycles. The van der Waals surface area contributed by atoms with Crippen LogP contribution in [0, 0.1) is 17.7 Å². The molecule has 1 aliphatic rings. The van der Waals surface area contributed by atoms with Gasteiger partial charge in [-0.05, 0) is 37.3 Å². The van der Waals surface area contributed by atoms with Crippen LogP contribution >= 0.6 is 0 Å². The highest BCUT2D eigenvalue weighted by molar-refractivity contribution is 5.93. The predicted octanol–water partition coefficient (Wildman–Crippen LogP) is 3.58. The molecule has 3 unspecified atom stereocenters. The van der Waals surface area contributed by atoms with E-state index in [1.165, 1.54) is 18.6 Å². The number of carbonyl (C=O) groups is 1. The van der Waals surface area contributed by atoms with E-state index >= 15 is 0 Å². The number of benzene rings is 1. The summed E-state index contributed by atoms with van der Waals surface area (Å²) in [5.74, 6) is 0.903. The number of hydrogen-bond acceptors (Lipinski definition) is 4. The third kappa shape index (κ3) is 4.49. The third-order valence-corrected chi connectivity index (χ3v) is 4.74. The molecule has 0 saturated carbocycles. The van der Waals surface area contributed by atoms with E-state index < -0.39 is 5.82 Å². The number of amides is 1. The zero-order valence-corrected chi connectivity index (χ0v) is 15.5. The first-order chi connectivity index (χ1) is 12.4. The van der Waals surface area contributed by atoms with E-state index in [9.17, 15) is 9.18 Å². The maximum Gasteiger partial charge on any atom is 0.273 e. The average molecular weight is 359 g/mol. The van der Waals surface area contributed by atoms with Crippen LogP contribution < -0.4 is 5.32 Å². The highest BCUT2D eigenvalue weighted by atomic mass is 19.1. The minimum absolute atomic E-state index is 0.00592. The third-order valence-electron chi connectivity index (χ3n) is 4.74. The minimum atomic E-state index is -0.405. The quantitative estimate of drug-likeness (QED) is 0.887. The smallest absolute Gasteiger partial charge is 0.273 e. The Morgan fingerprint density at radius 1 is 1.35 bits per heavy atom. The molecule has 1 amide bonds. The Labute approximate surface area is 153 Å². The van der Waals surface area contributed by atoms with Gasteiger partial charge in [-0.3, -0.25) is 4.79 Å². The normalized spacial score (nSPS) is 22.2. The van der Waals surface area contributed by atoms with Gasteiger partial charge in [0.25, 0.3) is 5.91 Å². The Morgan fingerprint density at radius 2 is 2.04 bits per heavy atom. The molecule has 1 aliphatic heterocycles. The minimum Gasteiger partial charge on any atom is -0.355 e. The average Bonchev–Trinajstić information content (AvgIpc) is 3.04. The molecule has 140 valence electrons. The van der Waals surface area contributed by atoms with Gasteiger partial charge in [0.1, 0.15) is 5.82 Å². The van der Waals surface area contributed by atoms with Gasteiger partial charge < -0.3 is 14.7 Å². The first-order valence-electron chi connectivity index (χ1n) is 9.17. The predicted molar refractivity (Wildman–Crippen MR) is 98.2 cm³/mol. The van der Waals surface area contributed by atoms with Crippen molar-refractivity contribution in [1.82, 2.24) is 15.4 Å². The number of aromatic nitrogens is 1. The number of hydrogen-bond donors (Lipinski definition) is 1. The lowest BCUT2D eigenvalue weighted by molar-refractivity contribution is 0.0896. The van der Waals surface area contributed by atoms with Crippen LogP contribution in [0.15, 0.2) is 34.9 Å². The molecule has 3 atom stereocenters. The zero-order chi connectivity index (χ0) is 18.7. The number of nitrogens with one attached hydrogen (secondary N) is 1. The highest BCUT2D eigenvalue weighted by Gasteiger charge is 2.24. The van der Waals surface area contributed by atoms with Crippen LogP contribution in [-0.4, -0.2) is 41.6 Å². The molecule has 0 radical (unpaired) electrons. The van der Waals surface area contributed by atoms with Crippen LogP contribution in [0.4, 0.5) is 4.39 Å². The number of halogens is 1. The Morgan fingerprint density at radius 3 is 2.73 bits per heavy atom. The van der Waals surface area contributed by atoms with Gasteiger partial charge in [0.05, 0.1) is 5.56 Å². The zero-order valence-electron chi connectivity index (χ0n) is 15.5. The summed E-state index contributed by atoms with van der Waals surface area (Å²) in [5, 5.41) is 6.75. The van der Waals surface area contributed by atoms with Crippen LogP contribution in [0.3, 0.4) is 0 Å². The monoisotopic (exact) mass is 359 g/mol. The van der Waals surface area contributed by atoms with E-state index in [1.54, 1.807) is 18.2 Å². The van der Waals surface area contributed by atoms with E-state index in [0.29, 0.717) is 17.4 Å². The highest BCUT2D eigenvalue weighted by Crippen LogP contribution is 2.23. The van der Waals surface area contributed by atoms with Crippen LogP contribution in [0.25, 0.3) is 11.3 Å². The molecule has 1 fully saturated rings. The Bertz CT molecular complexity index is 751. The SMILES string of the molecule is CC1CC(C)CN(CC(C)NC(=O)c2cc(-c3ccccc3F)on2)C1. The fraction of sp³-hybridized carbons (Fsp3) is 0.500. The molecule has 6 heteroatoms. The summed E-state index contributed by atoms with van der Waals surface area (Å²) in [4.78, 5) is 14.8. The fourth-order valence-electron chi connectivity index (χ4n) is 3.84. The summed E-state index contributed by atoms with van der Waals surface area (Å²) in [7, 11) is 0. The van der Waals surface area contributed by atoms with E-state index in [0.717, 1.165) is 19.6 Å². The lowest BCUT2D eigenvalue weighted by Gasteiger charge is -2.36. The summed E-state index contributed by atoms with van der Waals surface area (Å²) in [6.07, 6.45) is 1.26. The number of nitrogens with zero attached hydrogens (tertiary/aromatic N) is 2. The number of piperidine rings is 1. The van der Waals surface area contributed by atoms with Gasteiger partial charge in [0.2, 0.25) is 0 Å². The molecule has 0 bridgehead atoms. The van der Waals surface area contributed by atoms with Crippen LogP contribution in [0.5, 0.6) is 0 Å². The summed E-state index contributed by atoms with van der Waals surface area (Å²) in [5.41, 5.74) is 0.457. The summed E-state index contributed by atoms with van der Waals surface area (Å²) >= 11 is 0. The van der Waals surface area contributed by atoms with Crippen molar-refractivity contribution in [3.8, 4) is 11.3 Å². The first kappa shape index (κ1) is 18.6. The molecule has 2 heterocycles. The van der Waals surface area contributed by atoms with Gasteiger partial charge in [-0.1, -0.05) is 31.1 Å². The van der Waals surface area contributed by atoms with Crippen LogP contribution in [0.1, 0.15) is 37.7 Å². The molecule has 0 spiro atoms. The Balaban J connectivity index is 1.59.